The Morgan fingerprint density at radius 3 is 2.74 bits per heavy atom. The van der Waals surface area contributed by atoms with Crippen LogP contribution < -0.4 is 4.90 Å². The Labute approximate surface area is 112 Å². The molecule has 1 aliphatic heterocycles. The van der Waals surface area contributed by atoms with Crippen molar-refractivity contribution in [2.24, 2.45) is 5.92 Å². The first-order valence-electron chi connectivity index (χ1n) is 6.38. The first-order chi connectivity index (χ1) is 9.24. The summed E-state index contributed by atoms with van der Waals surface area (Å²) in [4.78, 5) is 21.9. The molecule has 0 amide bonds. The van der Waals surface area contributed by atoms with Crippen molar-refractivity contribution in [2.75, 3.05) is 24.6 Å². The van der Waals surface area contributed by atoms with Crippen molar-refractivity contribution < 1.29 is 9.53 Å². The molecule has 1 saturated heterocycles. The molecule has 6 nitrogen and oxygen atoms in total. The highest BCUT2D eigenvalue weighted by molar-refractivity contribution is 5.72. The lowest BCUT2D eigenvalue weighted by atomic mass is 9.97. The summed E-state index contributed by atoms with van der Waals surface area (Å²) >= 11 is 0. The Morgan fingerprint density at radius 2 is 2.21 bits per heavy atom. The first kappa shape index (κ1) is 13.3. The highest BCUT2D eigenvalue weighted by Crippen LogP contribution is 2.22. The van der Waals surface area contributed by atoms with Gasteiger partial charge in [0.15, 0.2) is 5.69 Å². The SMILES string of the molecule is CCOC(=O)C1CCN(c2cnc(C#N)cn2)CC1. The summed E-state index contributed by atoms with van der Waals surface area (Å²) in [7, 11) is 0. The lowest BCUT2D eigenvalue weighted by Crippen LogP contribution is -2.37. The van der Waals surface area contributed by atoms with Gasteiger partial charge in [-0.05, 0) is 19.8 Å². The second-order valence-electron chi connectivity index (χ2n) is 4.39. The number of piperidine rings is 1. The number of aromatic nitrogens is 2. The molecule has 0 aliphatic carbocycles. The van der Waals surface area contributed by atoms with Crippen molar-refractivity contribution in [3.8, 4) is 6.07 Å². The van der Waals surface area contributed by atoms with Gasteiger partial charge in [-0.1, -0.05) is 0 Å². The van der Waals surface area contributed by atoms with Crippen LogP contribution in [-0.4, -0.2) is 35.6 Å². The summed E-state index contributed by atoms with van der Waals surface area (Å²) in [6.07, 6.45) is 4.59. The predicted octanol–water partition coefficient (Wildman–Crippen LogP) is 1.13. The Hall–Kier alpha value is -2.16. The molecule has 0 bridgehead atoms. The molecule has 0 saturated carbocycles. The Balaban J connectivity index is 1.92. The van der Waals surface area contributed by atoms with Crippen molar-refractivity contribution >= 4 is 11.8 Å². The Morgan fingerprint density at radius 1 is 1.47 bits per heavy atom. The zero-order valence-electron chi connectivity index (χ0n) is 10.9. The van der Waals surface area contributed by atoms with Crippen LogP contribution in [0.2, 0.25) is 0 Å². The molecule has 2 rings (SSSR count). The van der Waals surface area contributed by atoms with Gasteiger partial charge >= 0.3 is 5.97 Å². The van der Waals surface area contributed by atoms with Gasteiger partial charge in [-0.25, -0.2) is 9.97 Å². The fourth-order valence-corrected chi connectivity index (χ4v) is 2.15. The molecule has 2 heterocycles. The average Bonchev–Trinajstić information content (AvgIpc) is 2.48. The lowest BCUT2D eigenvalue weighted by molar-refractivity contribution is -0.148. The second-order valence-corrected chi connectivity index (χ2v) is 4.39. The van der Waals surface area contributed by atoms with Gasteiger partial charge in [0.25, 0.3) is 0 Å². The monoisotopic (exact) mass is 260 g/mol. The summed E-state index contributed by atoms with van der Waals surface area (Å²) in [5, 5.41) is 8.67. The van der Waals surface area contributed by atoms with Gasteiger partial charge in [-0.15, -0.1) is 0 Å². The summed E-state index contributed by atoms with van der Waals surface area (Å²) < 4.78 is 5.03. The number of ether oxygens (including phenoxy) is 1. The van der Waals surface area contributed by atoms with Crippen LogP contribution in [0.5, 0.6) is 0 Å². The van der Waals surface area contributed by atoms with Gasteiger partial charge < -0.3 is 9.64 Å². The molecule has 0 atom stereocenters. The van der Waals surface area contributed by atoms with E-state index in [9.17, 15) is 4.79 Å². The van der Waals surface area contributed by atoms with Crippen molar-refractivity contribution in [2.45, 2.75) is 19.8 Å². The molecule has 1 aliphatic rings. The average molecular weight is 260 g/mol. The summed E-state index contributed by atoms with van der Waals surface area (Å²) in [5.74, 6) is 0.636. The van der Waals surface area contributed by atoms with Gasteiger partial charge in [-0.2, -0.15) is 5.26 Å². The molecule has 0 N–H and O–H groups in total. The smallest absolute Gasteiger partial charge is 0.309 e. The van der Waals surface area contributed by atoms with Gasteiger partial charge in [0.1, 0.15) is 11.9 Å². The molecule has 0 radical (unpaired) electrons. The lowest BCUT2D eigenvalue weighted by Gasteiger charge is -2.31. The van der Waals surface area contributed by atoms with Crippen LogP contribution in [0.15, 0.2) is 12.4 Å². The van der Waals surface area contributed by atoms with Gasteiger partial charge in [0.05, 0.1) is 24.9 Å². The van der Waals surface area contributed by atoms with E-state index in [4.69, 9.17) is 10.00 Å². The van der Waals surface area contributed by atoms with E-state index in [2.05, 4.69) is 14.9 Å². The van der Waals surface area contributed by atoms with E-state index >= 15 is 0 Å². The van der Waals surface area contributed by atoms with Crippen molar-refractivity contribution in [3.63, 3.8) is 0 Å². The minimum atomic E-state index is -0.104. The van der Waals surface area contributed by atoms with Gasteiger partial charge in [0.2, 0.25) is 0 Å². The molecule has 6 heteroatoms. The molecular weight excluding hydrogens is 244 g/mol. The number of nitrogens with zero attached hydrogens (tertiary/aromatic N) is 4. The van der Waals surface area contributed by atoms with Crippen molar-refractivity contribution in [3.05, 3.63) is 18.1 Å². The number of hydrogen-bond donors (Lipinski definition) is 0. The third-order valence-electron chi connectivity index (χ3n) is 3.19. The third-order valence-corrected chi connectivity index (χ3v) is 3.19. The van der Waals surface area contributed by atoms with Crippen LogP contribution in [0.25, 0.3) is 0 Å². The van der Waals surface area contributed by atoms with Crippen LogP contribution >= 0.6 is 0 Å². The van der Waals surface area contributed by atoms with Crippen molar-refractivity contribution in [1.29, 1.82) is 5.26 Å². The van der Waals surface area contributed by atoms with Crippen LogP contribution in [0, 0.1) is 17.2 Å². The largest absolute Gasteiger partial charge is 0.466 e. The maximum Gasteiger partial charge on any atom is 0.309 e. The molecule has 1 aromatic heterocycles. The maximum absolute atomic E-state index is 11.6. The van der Waals surface area contributed by atoms with Gasteiger partial charge in [-0.3, -0.25) is 4.79 Å². The van der Waals surface area contributed by atoms with E-state index in [1.807, 2.05) is 13.0 Å². The van der Waals surface area contributed by atoms with E-state index in [-0.39, 0.29) is 11.9 Å². The topological polar surface area (TPSA) is 79.1 Å². The number of carbonyl (C=O) groups is 1. The fourth-order valence-electron chi connectivity index (χ4n) is 2.15. The second kappa shape index (κ2) is 6.14. The Kier molecular flexibility index (Phi) is 4.29. The highest BCUT2D eigenvalue weighted by atomic mass is 16.5. The normalized spacial score (nSPS) is 15.9. The number of hydrogen-bond acceptors (Lipinski definition) is 6. The zero-order valence-corrected chi connectivity index (χ0v) is 10.9. The van der Waals surface area contributed by atoms with E-state index in [1.54, 1.807) is 6.20 Å². The van der Waals surface area contributed by atoms with E-state index < -0.39 is 0 Å². The number of anilines is 1. The molecule has 1 aromatic rings. The zero-order chi connectivity index (χ0) is 13.7. The number of esters is 1. The fraction of sp³-hybridized carbons (Fsp3) is 0.538. The van der Waals surface area contributed by atoms with Crippen LogP contribution in [0.1, 0.15) is 25.5 Å². The molecular formula is C13H16N4O2. The molecule has 19 heavy (non-hydrogen) atoms. The minimum Gasteiger partial charge on any atom is -0.466 e. The number of rotatable bonds is 3. The number of carbonyl (C=O) groups excluding carboxylic acids is 1. The van der Waals surface area contributed by atoms with Crippen molar-refractivity contribution in [1.82, 2.24) is 9.97 Å². The predicted molar refractivity (Wildman–Crippen MR) is 68.3 cm³/mol. The summed E-state index contributed by atoms with van der Waals surface area (Å²) in [5.41, 5.74) is 0.310. The third kappa shape index (κ3) is 3.19. The molecule has 100 valence electrons. The summed E-state index contributed by atoms with van der Waals surface area (Å²) in [6, 6.07) is 1.94. The highest BCUT2D eigenvalue weighted by Gasteiger charge is 2.26. The maximum atomic E-state index is 11.6. The molecule has 1 fully saturated rings. The quantitative estimate of drug-likeness (QED) is 0.758. The van der Waals surface area contributed by atoms with Gasteiger partial charge in [0, 0.05) is 13.1 Å². The van der Waals surface area contributed by atoms with Crippen LogP contribution in [0.4, 0.5) is 5.82 Å². The number of nitriles is 1. The molecule has 0 aromatic carbocycles. The van der Waals surface area contributed by atoms with E-state index in [1.165, 1.54) is 6.20 Å². The Bertz CT molecular complexity index is 472. The molecule has 0 unspecified atom stereocenters. The van der Waals surface area contributed by atoms with E-state index in [0.717, 1.165) is 31.7 Å². The molecule has 0 spiro atoms. The summed E-state index contributed by atoms with van der Waals surface area (Å²) in [6.45, 7) is 3.76. The van der Waals surface area contributed by atoms with E-state index in [0.29, 0.717) is 12.3 Å². The standard InChI is InChI=1S/C13H16N4O2/c1-2-19-13(18)10-3-5-17(6-4-10)12-9-15-11(7-14)8-16-12/h8-10H,2-6H2,1H3. The minimum absolute atomic E-state index is 0.0115. The van der Waals surface area contributed by atoms with Crippen LogP contribution in [-0.2, 0) is 9.53 Å². The first-order valence-corrected chi connectivity index (χ1v) is 6.38. The van der Waals surface area contributed by atoms with Crippen LogP contribution in [0.3, 0.4) is 0 Å².